The first-order valence-electron chi connectivity index (χ1n) is 6.08. The van der Waals surface area contributed by atoms with Crippen molar-refractivity contribution < 1.29 is 22.7 Å². The Labute approximate surface area is 115 Å². The summed E-state index contributed by atoms with van der Waals surface area (Å²) >= 11 is 0. The molecule has 0 saturated heterocycles. The zero-order valence-electron chi connectivity index (χ0n) is 11.3. The molecular formula is C13H17F3N2O2. The lowest BCUT2D eigenvalue weighted by atomic mass is 10.1. The average molecular weight is 290 g/mol. The third-order valence-electron chi connectivity index (χ3n) is 2.67. The number of alkyl halides is 3. The number of nitrogens with zero attached hydrogens (tertiary/aromatic N) is 1. The van der Waals surface area contributed by atoms with Crippen LogP contribution in [0.3, 0.4) is 0 Å². The van der Waals surface area contributed by atoms with E-state index < -0.39 is 18.7 Å². The van der Waals surface area contributed by atoms with Gasteiger partial charge in [-0.2, -0.15) is 13.2 Å². The second-order valence-corrected chi connectivity index (χ2v) is 4.30. The van der Waals surface area contributed by atoms with Crippen LogP contribution in [0.25, 0.3) is 0 Å². The molecule has 0 spiro atoms. The normalized spacial score (nSPS) is 11.2. The van der Waals surface area contributed by atoms with Crippen molar-refractivity contribution in [2.24, 2.45) is 0 Å². The zero-order valence-corrected chi connectivity index (χ0v) is 11.3. The molecule has 0 radical (unpaired) electrons. The van der Waals surface area contributed by atoms with Gasteiger partial charge in [-0.25, -0.2) is 4.79 Å². The molecule has 1 aromatic carbocycles. The molecular weight excluding hydrogens is 273 g/mol. The summed E-state index contributed by atoms with van der Waals surface area (Å²) in [5, 5.41) is 0. The van der Waals surface area contributed by atoms with Gasteiger partial charge < -0.3 is 15.4 Å². The minimum atomic E-state index is -4.32. The van der Waals surface area contributed by atoms with Crippen LogP contribution >= 0.6 is 0 Å². The highest BCUT2D eigenvalue weighted by molar-refractivity contribution is 5.96. The second kappa shape index (κ2) is 6.49. The number of halogens is 3. The molecule has 0 amide bonds. The molecule has 1 aromatic rings. The Morgan fingerprint density at radius 1 is 1.40 bits per heavy atom. The fourth-order valence-electron chi connectivity index (χ4n) is 1.81. The van der Waals surface area contributed by atoms with Crippen LogP contribution in [0.2, 0.25) is 0 Å². The van der Waals surface area contributed by atoms with Gasteiger partial charge in [-0.3, -0.25) is 0 Å². The molecule has 0 aromatic heterocycles. The molecule has 0 saturated carbocycles. The van der Waals surface area contributed by atoms with Crippen LogP contribution in [-0.2, 0) is 4.74 Å². The van der Waals surface area contributed by atoms with E-state index in [1.54, 1.807) is 6.92 Å². The highest BCUT2D eigenvalue weighted by atomic mass is 19.4. The third kappa shape index (κ3) is 4.32. The van der Waals surface area contributed by atoms with Crippen molar-refractivity contribution in [3.63, 3.8) is 0 Å². The fraction of sp³-hybridized carbons (Fsp3) is 0.462. The summed E-state index contributed by atoms with van der Waals surface area (Å²) in [6.45, 7) is 0.928. The molecule has 0 atom stereocenters. The largest absolute Gasteiger partial charge is 0.465 e. The lowest BCUT2D eigenvalue weighted by Gasteiger charge is -2.26. The van der Waals surface area contributed by atoms with Gasteiger partial charge >= 0.3 is 12.1 Å². The number of hydrogen-bond acceptors (Lipinski definition) is 4. The Kier molecular flexibility index (Phi) is 5.24. The standard InChI is InChI=1S/C13H17F3N2O2/c1-3-6-18(8-13(14,15)16)9-4-5-11(17)10(7-9)12(19)20-2/h4-5,7H,3,6,8,17H2,1-2H3. The molecule has 0 aliphatic carbocycles. The summed E-state index contributed by atoms with van der Waals surface area (Å²) in [5.74, 6) is -0.673. The average Bonchev–Trinajstić information content (AvgIpc) is 2.36. The molecule has 1 rings (SSSR count). The SMILES string of the molecule is CCCN(CC(F)(F)F)c1ccc(N)c(C(=O)OC)c1. The van der Waals surface area contributed by atoms with Crippen molar-refractivity contribution in [1.29, 1.82) is 0 Å². The Balaban J connectivity index is 3.11. The quantitative estimate of drug-likeness (QED) is 0.669. The van der Waals surface area contributed by atoms with E-state index in [2.05, 4.69) is 4.74 Å². The molecule has 112 valence electrons. The van der Waals surface area contributed by atoms with Gasteiger partial charge in [0.1, 0.15) is 6.54 Å². The molecule has 7 heteroatoms. The van der Waals surface area contributed by atoms with Gasteiger partial charge in [-0.1, -0.05) is 6.92 Å². The van der Waals surface area contributed by atoms with E-state index in [0.29, 0.717) is 12.1 Å². The van der Waals surface area contributed by atoms with Crippen LogP contribution in [0.4, 0.5) is 24.5 Å². The Morgan fingerprint density at radius 3 is 2.55 bits per heavy atom. The molecule has 0 unspecified atom stereocenters. The zero-order chi connectivity index (χ0) is 15.3. The van der Waals surface area contributed by atoms with Crippen LogP contribution in [0, 0.1) is 0 Å². The smallest absolute Gasteiger partial charge is 0.405 e. The van der Waals surface area contributed by atoms with Gasteiger partial charge in [0.25, 0.3) is 0 Å². The number of rotatable bonds is 5. The number of ether oxygens (including phenoxy) is 1. The molecule has 0 aliphatic heterocycles. The van der Waals surface area contributed by atoms with Gasteiger partial charge in [-0.05, 0) is 24.6 Å². The first kappa shape index (κ1) is 16.1. The minimum Gasteiger partial charge on any atom is -0.465 e. The van der Waals surface area contributed by atoms with E-state index in [4.69, 9.17) is 5.73 Å². The number of nitrogens with two attached hydrogens (primary N) is 1. The number of carbonyl (C=O) groups is 1. The van der Waals surface area contributed by atoms with Crippen LogP contribution < -0.4 is 10.6 Å². The Morgan fingerprint density at radius 2 is 2.05 bits per heavy atom. The van der Waals surface area contributed by atoms with Crippen LogP contribution in [-0.4, -0.2) is 32.3 Å². The maximum atomic E-state index is 12.6. The summed E-state index contributed by atoms with van der Waals surface area (Å²) < 4.78 is 42.2. The summed E-state index contributed by atoms with van der Waals surface area (Å²) in [6, 6.07) is 4.19. The molecule has 4 nitrogen and oxygen atoms in total. The van der Waals surface area contributed by atoms with Crippen molar-refractivity contribution in [3.05, 3.63) is 23.8 Å². The van der Waals surface area contributed by atoms with E-state index in [9.17, 15) is 18.0 Å². The van der Waals surface area contributed by atoms with E-state index in [1.807, 2.05) is 0 Å². The fourth-order valence-corrected chi connectivity index (χ4v) is 1.81. The van der Waals surface area contributed by atoms with Gasteiger partial charge in [0.15, 0.2) is 0 Å². The number of hydrogen-bond donors (Lipinski definition) is 1. The van der Waals surface area contributed by atoms with Gasteiger partial charge in [0.2, 0.25) is 0 Å². The molecule has 2 N–H and O–H groups in total. The molecule has 0 bridgehead atoms. The maximum absolute atomic E-state index is 12.6. The minimum absolute atomic E-state index is 0.0632. The lowest BCUT2D eigenvalue weighted by molar-refractivity contribution is -0.119. The Bertz CT molecular complexity index is 475. The highest BCUT2D eigenvalue weighted by Gasteiger charge is 2.31. The van der Waals surface area contributed by atoms with Crippen molar-refractivity contribution in [2.45, 2.75) is 19.5 Å². The Hall–Kier alpha value is -1.92. The van der Waals surface area contributed by atoms with Crippen LogP contribution in [0.15, 0.2) is 18.2 Å². The first-order chi connectivity index (χ1) is 9.28. The summed E-state index contributed by atoms with van der Waals surface area (Å²) in [7, 11) is 1.19. The van der Waals surface area contributed by atoms with Crippen molar-refractivity contribution in [2.75, 3.05) is 30.8 Å². The summed E-state index contributed by atoms with van der Waals surface area (Å²) in [6.07, 6.45) is -3.77. The predicted molar refractivity (Wildman–Crippen MR) is 70.8 cm³/mol. The molecule has 0 aliphatic rings. The van der Waals surface area contributed by atoms with Crippen molar-refractivity contribution in [1.82, 2.24) is 0 Å². The number of benzene rings is 1. The van der Waals surface area contributed by atoms with Crippen LogP contribution in [0.1, 0.15) is 23.7 Å². The van der Waals surface area contributed by atoms with Gasteiger partial charge in [0, 0.05) is 17.9 Å². The third-order valence-corrected chi connectivity index (χ3v) is 2.67. The number of anilines is 2. The van der Waals surface area contributed by atoms with Gasteiger partial charge in [-0.15, -0.1) is 0 Å². The van der Waals surface area contributed by atoms with E-state index in [1.165, 1.54) is 25.3 Å². The van der Waals surface area contributed by atoms with Gasteiger partial charge in [0.05, 0.1) is 12.7 Å². The number of nitrogen functional groups attached to an aromatic ring is 1. The van der Waals surface area contributed by atoms with E-state index in [-0.39, 0.29) is 17.8 Å². The highest BCUT2D eigenvalue weighted by Crippen LogP contribution is 2.26. The van der Waals surface area contributed by atoms with Crippen molar-refractivity contribution >= 4 is 17.3 Å². The van der Waals surface area contributed by atoms with Crippen LogP contribution in [0.5, 0.6) is 0 Å². The summed E-state index contributed by atoms with van der Waals surface area (Å²) in [4.78, 5) is 12.7. The first-order valence-corrected chi connectivity index (χ1v) is 6.08. The monoisotopic (exact) mass is 290 g/mol. The molecule has 0 fully saturated rings. The number of esters is 1. The second-order valence-electron chi connectivity index (χ2n) is 4.30. The predicted octanol–water partition coefficient (Wildman–Crippen LogP) is 2.83. The molecule has 0 heterocycles. The number of carbonyl (C=O) groups excluding carboxylic acids is 1. The topological polar surface area (TPSA) is 55.6 Å². The van der Waals surface area contributed by atoms with E-state index in [0.717, 1.165) is 4.90 Å². The lowest BCUT2D eigenvalue weighted by Crippen LogP contribution is -2.35. The van der Waals surface area contributed by atoms with E-state index >= 15 is 0 Å². The van der Waals surface area contributed by atoms with Crippen molar-refractivity contribution in [3.8, 4) is 0 Å². The number of methoxy groups -OCH3 is 1. The molecule has 20 heavy (non-hydrogen) atoms. The maximum Gasteiger partial charge on any atom is 0.405 e. The summed E-state index contributed by atoms with van der Waals surface area (Å²) in [5.41, 5.74) is 6.15.